The molecule has 3 aromatic rings. The zero-order valence-corrected chi connectivity index (χ0v) is 16.9. The van der Waals surface area contributed by atoms with Gasteiger partial charge in [0.25, 0.3) is 11.8 Å². The van der Waals surface area contributed by atoms with Crippen LogP contribution in [0.15, 0.2) is 48.8 Å². The van der Waals surface area contributed by atoms with Crippen LogP contribution >= 0.6 is 0 Å². The minimum atomic E-state index is -0.549. The number of benzene rings is 2. The van der Waals surface area contributed by atoms with Crippen molar-refractivity contribution >= 4 is 23.2 Å². The van der Waals surface area contributed by atoms with Crippen molar-refractivity contribution in [2.75, 3.05) is 17.2 Å². The van der Waals surface area contributed by atoms with Crippen LogP contribution in [0.25, 0.3) is 5.69 Å². The van der Waals surface area contributed by atoms with Crippen molar-refractivity contribution in [3.63, 3.8) is 0 Å². The Bertz CT molecular complexity index is 1150. The van der Waals surface area contributed by atoms with Gasteiger partial charge in [0.2, 0.25) is 0 Å². The lowest BCUT2D eigenvalue weighted by Gasteiger charge is -2.23. The summed E-state index contributed by atoms with van der Waals surface area (Å²) in [4.78, 5) is 24.3. The molecular weight excluding hydrogens is 398 g/mol. The molecule has 2 N–H and O–H groups in total. The summed E-state index contributed by atoms with van der Waals surface area (Å²) in [5.41, 5.74) is 1.85. The van der Waals surface area contributed by atoms with Crippen molar-refractivity contribution < 1.29 is 19.1 Å². The largest absolute Gasteiger partial charge is 0.482 e. The fourth-order valence-corrected chi connectivity index (χ4v) is 3.45. The number of nitrogens with zero attached hydrogens (tertiary/aromatic N) is 3. The third kappa shape index (κ3) is 3.94. The van der Waals surface area contributed by atoms with Crippen LogP contribution in [0.4, 0.5) is 11.4 Å². The molecule has 1 aromatic heterocycles. The van der Waals surface area contributed by atoms with Gasteiger partial charge in [-0.3, -0.25) is 14.2 Å². The molecule has 1 saturated carbocycles. The molecule has 0 unspecified atom stereocenters. The van der Waals surface area contributed by atoms with Crippen LogP contribution in [0.3, 0.4) is 0 Å². The van der Waals surface area contributed by atoms with Crippen molar-refractivity contribution in [1.82, 2.24) is 14.8 Å². The fourth-order valence-electron chi connectivity index (χ4n) is 3.45. The molecule has 1 fully saturated rings. The number of carbonyl (C=O) groups excluding carboxylic acids is 2. The molecule has 2 aliphatic rings. The summed E-state index contributed by atoms with van der Waals surface area (Å²) in [5.74, 6) is 1.92. The number of anilines is 2. The molecule has 0 bridgehead atoms. The highest BCUT2D eigenvalue weighted by atomic mass is 16.5. The third-order valence-electron chi connectivity index (χ3n) is 5.19. The Hall–Kier alpha value is -3.88. The highest BCUT2D eigenvalue weighted by molar-refractivity contribution is 5.99. The van der Waals surface area contributed by atoms with Crippen LogP contribution in [0.1, 0.15) is 31.5 Å². The highest BCUT2D eigenvalue weighted by Crippen LogP contribution is 2.40. The zero-order valence-electron chi connectivity index (χ0n) is 16.9. The van der Waals surface area contributed by atoms with E-state index in [9.17, 15) is 9.59 Å². The average Bonchev–Trinajstić information content (AvgIpc) is 3.50. The van der Waals surface area contributed by atoms with Gasteiger partial charge in [0.1, 0.15) is 23.7 Å². The van der Waals surface area contributed by atoms with Crippen molar-refractivity contribution in [2.45, 2.75) is 31.8 Å². The molecule has 31 heavy (non-hydrogen) atoms. The molecule has 0 radical (unpaired) electrons. The van der Waals surface area contributed by atoms with Gasteiger partial charge in [0, 0.05) is 11.6 Å². The first-order valence-electron chi connectivity index (χ1n) is 10.1. The maximum absolute atomic E-state index is 12.5. The van der Waals surface area contributed by atoms with Crippen molar-refractivity contribution in [3.8, 4) is 17.2 Å². The van der Waals surface area contributed by atoms with Crippen LogP contribution < -0.4 is 20.1 Å². The molecule has 158 valence electrons. The van der Waals surface area contributed by atoms with E-state index in [1.807, 2.05) is 28.8 Å². The van der Waals surface area contributed by atoms with Gasteiger partial charge in [-0.15, -0.1) is 10.2 Å². The van der Waals surface area contributed by atoms with Gasteiger partial charge in [0.05, 0.1) is 11.4 Å². The molecule has 9 heteroatoms. The van der Waals surface area contributed by atoms with E-state index in [0.29, 0.717) is 28.8 Å². The van der Waals surface area contributed by atoms with E-state index in [1.165, 1.54) is 0 Å². The minimum Gasteiger partial charge on any atom is -0.482 e. The molecule has 2 heterocycles. The van der Waals surface area contributed by atoms with Crippen LogP contribution in [0.2, 0.25) is 0 Å². The number of ether oxygens (including phenoxy) is 2. The molecule has 1 aliphatic carbocycles. The first-order valence-corrected chi connectivity index (χ1v) is 10.1. The standard InChI is InChI=1S/C22H21N5O4/c1-13-22(29)25-16-10-15(8-9-18(16)31-13)24-20(28)11-30-19-5-3-2-4-17(19)27-12-23-26-21(27)14-6-7-14/h2-5,8-10,12-14H,6-7,11H2,1H3,(H,24,28)(H,25,29)/t13-/m0/s1. The first-order chi connectivity index (χ1) is 15.1. The second-order valence-electron chi connectivity index (χ2n) is 7.60. The first kappa shape index (κ1) is 19.1. The van der Waals surface area contributed by atoms with Gasteiger partial charge in [-0.25, -0.2) is 0 Å². The topological polar surface area (TPSA) is 107 Å². The molecule has 0 saturated heterocycles. The van der Waals surface area contributed by atoms with Crippen molar-refractivity contribution in [3.05, 3.63) is 54.6 Å². The summed E-state index contributed by atoms with van der Waals surface area (Å²) < 4.78 is 13.3. The molecule has 5 rings (SSSR count). The molecule has 1 atom stereocenters. The van der Waals surface area contributed by atoms with Gasteiger partial charge >= 0.3 is 0 Å². The van der Waals surface area contributed by atoms with E-state index in [0.717, 1.165) is 24.4 Å². The zero-order chi connectivity index (χ0) is 21.4. The quantitative estimate of drug-likeness (QED) is 0.636. The summed E-state index contributed by atoms with van der Waals surface area (Å²) in [6.45, 7) is 1.51. The molecule has 2 aromatic carbocycles. The Morgan fingerprint density at radius 3 is 2.97 bits per heavy atom. The molecule has 0 spiro atoms. The van der Waals surface area contributed by atoms with E-state index in [2.05, 4.69) is 20.8 Å². The van der Waals surface area contributed by atoms with Crippen molar-refractivity contribution in [1.29, 1.82) is 0 Å². The Kier molecular flexibility index (Phi) is 4.78. The third-order valence-corrected chi connectivity index (χ3v) is 5.19. The number of rotatable bonds is 6. The monoisotopic (exact) mass is 419 g/mol. The number of nitrogens with one attached hydrogen (secondary N) is 2. The predicted octanol–water partition coefficient (Wildman–Crippen LogP) is 2.88. The number of hydrogen-bond donors (Lipinski definition) is 2. The summed E-state index contributed by atoms with van der Waals surface area (Å²) in [6, 6.07) is 12.6. The maximum atomic E-state index is 12.5. The summed E-state index contributed by atoms with van der Waals surface area (Å²) >= 11 is 0. The summed E-state index contributed by atoms with van der Waals surface area (Å²) in [7, 11) is 0. The van der Waals surface area contributed by atoms with E-state index in [-0.39, 0.29) is 18.4 Å². The molecule has 2 amide bonds. The predicted molar refractivity (Wildman–Crippen MR) is 113 cm³/mol. The smallest absolute Gasteiger partial charge is 0.265 e. The van der Waals surface area contributed by atoms with Gasteiger partial charge in [-0.2, -0.15) is 0 Å². The molecule has 1 aliphatic heterocycles. The lowest BCUT2D eigenvalue weighted by Crippen LogP contribution is -2.34. The number of aromatic nitrogens is 3. The minimum absolute atomic E-state index is 0.172. The Morgan fingerprint density at radius 2 is 2.13 bits per heavy atom. The van der Waals surface area contributed by atoms with Crippen LogP contribution in [0.5, 0.6) is 11.5 Å². The Balaban J connectivity index is 1.26. The lowest BCUT2D eigenvalue weighted by atomic mass is 10.2. The van der Waals surface area contributed by atoms with Gasteiger partial charge < -0.3 is 20.1 Å². The van der Waals surface area contributed by atoms with Crippen molar-refractivity contribution in [2.24, 2.45) is 0 Å². The Morgan fingerprint density at radius 1 is 1.29 bits per heavy atom. The summed E-state index contributed by atoms with van der Waals surface area (Å²) in [6.07, 6.45) is 3.33. The molecule has 9 nitrogen and oxygen atoms in total. The second-order valence-corrected chi connectivity index (χ2v) is 7.60. The van der Waals surface area contributed by atoms with E-state index >= 15 is 0 Å². The normalized spacial score (nSPS) is 17.3. The maximum Gasteiger partial charge on any atom is 0.265 e. The Labute approximate surface area is 178 Å². The second kappa shape index (κ2) is 7.75. The van der Waals surface area contributed by atoms with Gasteiger partial charge in [-0.05, 0) is 50.1 Å². The number of hydrogen-bond acceptors (Lipinski definition) is 6. The van der Waals surface area contributed by atoms with Crippen LogP contribution in [-0.4, -0.2) is 39.3 Å². The number of fused-ring (bicyclic) bond motifs is 1. The van der Waals surface area contributed by atoms with Gasteiger partial charge in [-0.1, -0.05) is 12.1 Å². The number of carbonyl (C=O) groups is 2. The van der Waals surface area contributed by atoms with Crippen LogP contribution in [-0.2, 0) is 9.59 Å². The fraction of sp³-hybridized carbons (Fsp3) is 0.273. The van der Waals surface area contributed by atoms with Crippen LogP contribution in [0, 0.1) is 0 Å². The number of amides is 2. The number of para-hydroxylation sites is 2. The molecular formula is C22H21N5O4. The SMILES string of the molecule is C[C@@H]1Oc2ccc(NC(=O)COc3ccccc3-n3cnnc3C3CC3)cc2NC1=O. The summed E-state index contributed by atoms with van der Waals surface area (Å²) in [5, 5.41) is 13.8. The average molecular weight is 419 g/mol. The van der Waals surface area contributed by atoms with E-state index in [4.69, 9.17) is 9.47 Å². The van der Waals surface area contributed by atoms with E-state index < -0.39 is 6.10 Å². The van der Waals surface area contributed by atoms with Gasteiger partial charge in [0.15, 0.2) is 12.7 Å². The van der Waals surface area contributed by atoms with E-state index in [1.54, 1.807) is 31.5 Å². The highest BCUT2D eigenvalue weighted by Gasteiger charge is 2.29. The lowest BCUT2D eigenvalue weighted by molar-refractivity contribution is -0.122.